The van der Waals surface area contributed by atoms with E-state index in [4.69, 9.17) is 0 Å². The quantitative estimate of drug-likeness (QED) is 0.776. The van der Waals surface area contributed by atoms with Crippen molar-refractivity contribution in [3.63, 3.8) is 0 Å². The molecule has 2 aliphatic rings. The molecule has 0 radical (unpaired) electrons. The third kappa shape index (κ3) is 4.66. The summed E-state index contributed by atoms with van der Waals surface area (Å²) in [4.78, 5) is 26.0. The highest BCUT2D eigenvalue weighted by Gasteiger charge is 2.41. The van der Waals surface area contributed by atoms with Crippen molar-refractivity contribution < 1.29 is 14.7 Å². The number of rotatable bonds is 7. The minimum Gasteiger partial charge on any atom is -0.392 e. The lowest BCUT2D eigenvalue weighted by Crippen LogP contribution is -2.54. The lowest BCUT2D eigenvalue weighted by molar-refractivity contribution is -0.128. The van der Waals surface area contributed by atoms with E-state index in [1.54, 1.807) is 13.8 Å². The number of nitrogens with zero attached hydrogens (tertiary/aromatic N) is 1. The number of carbonyl (C=O) groups excluding carboxylic acids is 2. The zero-order chi connectivity index (χ0) is 17.9. The molecule has 1 aliphatic carbocycles. The van der Waals surface area contributed by atoms with Crippen LogP contribution in [0, 0.1) is 23.7 Å². The molecule has 1 aliphatic heterocycles. The maximum absolute atomic E-state index is 12.2. The van der Waals surface area contributed by atoms with E-state index in [1.165, 1.54) is 19.3 Å². The number of aliphatic hydroxyl groups is 1. The van der Waals surface area contributed by atoms with Crippen molar-refractivity contribution >= 4 is 11.6 Å². The van der Waals surface area contributed by atoms with E-state index >= 15 is 0 Å². The van der Waals surface area contributed by atoms with Crippen molar-refractivity contribution in [3.05, 3.63) is 0 Å². The van der Waals surface area contributed by atoms with Gasteiger partial charge < -0.3 is 5.11 Å². The third-order valence-electron chi connectivity index (χ3n) is 6.51. The Morgan fingerprint density at radius 3 is 2.54 bits per heavy atom. The summed E-state index contributed by atoms with van der Waals surface area (Å²) in [5.74, 6) is 2.33. The Morgan fingerprint density at radius 1 is 1.25 bits per heavy atom. The fourth-order valence-electron chi connectivity index (χ4n) is 5.00. The van der Waals surface area contributed by atoms with E-state index in [0.717, 1.165) is 19.4 Å². The maximum atomic E-state index is 12.2. The van der Waals surface area contributed by atoms with Gasteiger partial charge in [0.2, 0.25) is 0 Å². The molecule has 1 saturated carbocycles. The van der Waals surface area contributed by atoms with Crippen molar-refractivity contribution in [1.82, 2.24) is 4.90 Å². The molecule has 2 fully saturated rings. The molecular formula is C20H35NO3. The minimum absolute atomic E-state index is 0.0566. The van der Waals surface area contributed by atoms with E-state index in [0.29, 0.717) is 30.7 Å². The summed E-state index contributed by atoms with van der Waals surface area (Å²) in [6.07, 6.45) is 5.51. The number of β-amino-alcohol motifs (C(OH)–C–C–N with tert-alkyl or cyclic N) is 1. The van der Waals surface area contributed by atoms with Gasteiger partial charge in [0.1, 0.15) is 11.6 Å². The Balaban J connectivity index is 2.01. The highest BCUT2D eigenvalue weighted by molar-refractivity contribution is 5.81. The Hall–Kier alpha value is -0.740. The van der Waals surface area contributed by atoms with Crippen LogP contribution in [-0.4, -0.2) is 46.8 Å². The summed E-state index contributed by atoms with van der Waals surface area (Å²) in [6, 6.07) is -0.0566. The highest BCUT2D eigenvalue weighted by Crippen LogP contribution is 2.42. The van der Waals surface area contributed by atoms with Crippen LogP contribution in [0.25, 0.3) is 0 Å². The van der Waals surface area contributed by atoms with Crippen LogP contribution in [0.4, 0.5) is 0 Å². The molecule has 0 amide bonds. The molecular weight excluding hydrogens is 302 g/mol. The standard InChI is InChI=1S/C20H35NO3/c1-5-16(14(3)22)9-18(24)12-21-11-17-8-6-7-13(2)19(17)10-20(21)15(4)23/h13,16-20,24H,5-12H2,1-4H3/t13?,16-,17-,18+,19-,20+/m1/s1. The monoisotopic (exact) mass is 337 g/mol. The van der Waals surface area contributed by atoms with Gasteiger partial charge in [0.15, 0.2) is 0 Å². The van der Waals surface area contributed by atoms with Crippen LogP contribution in [0.5, 0.6) is 0 Å². The topological polar surface area (TPSA) is 57.6 Å². The molecule has 0 aromatic rings. The fourth-order valence-corrected chi connectivity index (χ4v) is 5.00. The van der Waals surface area contributed by atoms with Crippen molar-refractivity contribution in [1.29, 1.82) is 0 Å². The molecule has 4 heteroatoms. The first-order chi connectivity index (χ1) is 11.3. The Labute approximate surface area is 147 Å². The van der Waals surface area contributed by atoms with E-state index in [9.17, 15) is 14.7 Å². The number of aliphatic hydroxyl groups excluding tert-OH is 1. The van der Waals surface area contributed by atoms with E-state index in [1.807, 2.05) is 6.92 Å². The van der Waals surface area contributed by atoms with Crippen molar-refractivity contribution in [2.45, 2.75) is 78.4 Å². The molecule has 2 rings (SSSR count). The number of hydrogen-bond acceptors (Lipinski definition) is 4. The molecule has 24 heavy (non-hydrogen) atoms. The average molecular weight is 338 g/mol. The first-order valence-corrected chi connectivity index (χ1v) is 9.76. The summed E-state index contributed by atoms with van der Waals surface area (Å²) < 4.78 is 0. The van der Waals surface area contributed by atoms with Crippen LogP contribution < -0.4 is 0 Å². The predicted molar refractivity (Wildman–Crippen MR) is 95.7 cm³/mol. The second kappa shape index (κ2) is 8.57. The average Bonchev–Trinajstić information content (AvgIpc) is 2.51. The summed E-state index contributed by atoms with van der Waals surface area (Å²) in [6.45, 7) is 9.05. The molecule has 0 spiro atoms. The zero-order valence-corrected chi connectivity index (χ0v) is 15.8. The molecule has 0 bridgehead atoms. The third-order valence-corrected chi connectivity index (χ3v) is 6.51. The van der Waals surface area contributed by atoms with Crippen molar-refractivity contribution in [2.24, 2.45) is 23.7 Å². The van der Waals surface area contributed by atoms with E-state index in [2.05, 4.69) is 11.8 Å². The molecule has 0 aromatic heterocycles. The Morgan fingerprint density at radius 2 is 1.96 bits per heavy atom. The maximum Gasteiger partial charge on any atom is 0.146 e. The second-order valence-corrected chi connectivity index (χ2v) is 8.25. The molecule has 1 saturated heterocycles. The number of carbonyl (C=O) groups is 2. The van der Waals surface area contributed by atoms with Gasteiger partial charge in [-0.25, -0.2) is 0 Å². The van der Waals surface area contributed by atoms with Crippen LogP contribution in [0.15, 0.2) is 0 Å². The van der Waals surface area contributed by atoms with Gasteiger partial charge in [-0.1, -0.05) is 26.7 Å². The van der Waals surface area contributed by atoms with Gasteiger partial charge in [0, 0.05) is 19.0 Å². The minimum atomic E-state index is -0.529. The molecule has 1 heterocycles. The molecule has 0 aromatic carbocycles. The second-order valence-electron chi connectivity index (χ2n) is 8.25. The van der Waals surface area contributed by atoms with Gasteiger partial charge in [0.25, 0.3) is 0 Å². The van der Waals surface area contributed by atoms with Crippen LogP contribution in [-0.2, 0) is 9.59 Å². The van der Waals surface area contributed by atoms with Gasteiger partial charge in [-0.3, -0.25) is 14.5 Å². The van der Waals surface area contributed by atoms with E-state index < -0.39 is 6.10 Å². The van der Waals surface area contributed by atoms with Gasteiger partial charge in [-0.15, -0.1) is 0 Å². The van der Waals surface area contributed by atoms with E-state index in [-0.39, 0.29) is 23.5 Å². The molecule has 138 valence electrons. The number of piperidine rings is 1. The van der Waals surface area contributed by atoms with Gasteiger partial charge in [-0.2, -0.15) is 0 Å². The molecule has 6 atom stereocenters. The number of hydrogen-bond donors (Lipinski definition) is 1. The zero-order valence-electron chi connectivity index (χ0n) is 15.8. The first-order valence-electron chi connectivity index (χ1n) is 9.76. The first kappa shape index (κ1) is 19.6. The fraction of sp³-hybridized carbons (Fsp3) is 0.900. The van der Waals surface area contributed by atoms with Gasteiger partial charge >= 0.3 is 0 Å². The summed E-state index contributed by atoms with van der Waals surface area (Å²) >= 11 is 0. The Bertz CT molecular complexity index is 450. The number of Topliss-reactive ketones (excluding diaryl/α,β-unsaturated/α-hetero) is 2. The van der Waals surface area contributed by atoms with Crippen LogP contribution >= 0.6 is 0 Å². The van der Waals surface area contributed by atoms with Crippen LogP contribution in [0.3, 0.4) is 0 Å². The van der Waals surface area contributed by atoms with Crippen molar-refractivity contribution in [3.8, 4) is 0 Å². The predicted octanol–water partition coefficient (Wildman–Crippen LogP) is 3.07. The summed E-state index contributed by atoms with van der Waals surface area (Å²) in [5.41, 5.74) is 0. The smallest absolute Gasteiger partial charge is 0.146 e. The summed E-state index contributed by atoms with van der Waals surface area (Å²) in [5, 5.41) is 10.5. The number of fused-ring (bicyclic) bond motifs is 1. The molecule has 1 unspecified atom stereocenters. The SMILES string of the molecule is CC[C@H](C[C@H](O)CN1C[C@H]2CCCC(C)[C@H]2C[C@H]1C(C)=O)C(C)=O. The molecule has 1 N–H and O–H groups in total. The number of ketones is 2. The normalized spacial score (nSPS) is 33.5. The van der Waals surface area contributed by atoms with Crippen LogP contribution in [0.1, 0.15) is 66.2 Å². The molecule has 4 nitrogen and oxygen atoms in total. The largest absolute Gasteiger partial charge is 0.392 e. The van der Waals surface area contributed by atoms with Crippen LogP contribution in [0.2, 0.25) is 0 Å². The number of likely N-dealkylation sites (tertiary alicyclic amines) is 1. The van der Waals surface area contributed by atoms with Crippen molar-refractivity contribution in [2.75, 3.05) is 13.1 Å². The van der Waals surface area contributed by atoms with Gasteiger partial charge in [-0.05, 0) is 57.3 Å². The lowest BCUT2D eigenvalue weighted by atomic mass is 9.67. The van der Waals surface area contributed by atoms with Gasteiger partial charge in [0.05, 0.1) is 12.1 Å². The Kier molecular flexibility index (Phi) is 6.99. The lowest BCUT2D eigenvalue weighted by Gasteiger charge is -2.48. The summed E-state index contributed by atoms with van der Waals surface area (Å²) in [7, 11) is 0. The highest BCUT2D eigenvalue weighted by atomic mass is 16.3.